The van der Waals surface area contributed by atoms with Gasteiger partial charge in [-0.05, 0) is 36.6 Å². The van der Waals surface area contributed by atoms with Gasteiger partial charge in [0, 0.05) is 18.8 Å². The standard InChI is InChI=1S/C20H22ClFN4O2S/c1-11(2)9-26-19(28)18-16(6-12(3)24-18)25-20(26)29-10-17(27)23-8-13-4-5-15(22)14(21)7-13/h4-7,11,24H,8-10H2,1-3H3,(H,23,27). The van der Waals surface area contributed by atoms with Crippen LogP contribution in [0.5, 0.6) is 0 Å². The van der Waals surface area contributed by atoms with Gasteiger partial charge < -0.3 is 10.3 Å². The zero-order valence-corrected chi connectivity index (χ0v) is 18.0. The third kappa shape index (κ3) is 5.19. The number of thioether (sulfide) groups is 1. The lowest BCUT2D eigenvalue weighted by atomic mass is 10.2. The molecule has 3 aromatic rings. The van der Waals surface area contributed by atoms with Crippen molar-refractivity contribution in [2.24, 2.45) is 5.92 Å². The Labute approximate surface area is 176 Å². The van der Waals surface area contributed by atoms with E-state index in [0.717, 1.165) is 5.69 Å². The van der Waals surface area contributed by atoms with E-state index in [1.807, 2.05) is 26.8 Å². The number of nitrogens with zero attached hydrogens (tertiary/aromatic N) is 2. The van der Waals surface area contributed by atoms with Crippen molar-refractivity contribution in [3.63, 3.8) is 0 Å². The van der Waals surface area contributed by atoms with E-state index in [2.05, 4.69) is 15.3 Å². The Morgan fingerprint density at radius 1 is 1.38 bits per heavy atom. The van der Waals surface area contributed by atoms with Crippen molar-refractivity contribution in [1.82, 2.24) is 19.9 Å². The third-order valence-corrected chi connectivity index (χ3v) is 5.46. The summed E-state index contributed by atoms with van der Waals surface area (Å²) in [6.07, 6.45) is 0. The van der Waals surface area contributed by atoms with Crippen LogP contribution in [0.4, 0.5) is 4.39 Å². The summed E-state index contributed by atoms with van der Waals surface area (Å²) in [4.78, 5) is 32.7. The number of aromatic nitrogens is 3. The van der Waals surface area contributed by atoms with Gasteiger partial charge in [-0.2, -0.15) is 0 Å². The topological polar surface area (TPSA) is 79.8 Å². The number of nitrogens with one attached hydrogen (secondary N) is 2. The SMILES string of the molecule is Cc1cc2nc(SCC(=O)NCc3ccc(F)c(Cl)c3)n(CC(C)C)c(=O)c2[nH]1. The first-order chi connectivity index (χ1) is 13.7. The molecule has 0 radical (unpaired) electrons. The van der Waals surface area contributed by atoms with Gasteiger partial charge in [0.05, 0.1) is 16.3 Å². The summed E-state index contributed by atoms with van der Waals surface area (Å²) in [5.41, 5.74) is 2.49. The smallest absolute Gasteiger partial charge is 0.278 e. The van der Waals surface area contributed by atoms with Crippen molar-refractivity contribution in [3.05, 3.63) is 56.7 Å². The molecule has 154 valence electrons. The number of benzene rings is 1. The Bertz CT molecular complexity index is 1110. The summed E-state index contributed by atoms with van der Waals surface area (Å²) in [5, 5.41) is 3.30. The quantitative estimate of drug-likeness (QED) is 0.435. The van der Waals surface area contributed by atoms with Crippen molar-refractivity contribution < 1.29 is 9.18 Å². The molecule has 0 aliphatic carbocycles. The second-order valence-electron chi connectivity index (χ2n) is 7.23. The van der Waals surface area contributed by atoms with Crippen molar-refractivity contribution in [3.8, 4) is 0 Å². The predicted octanol–water partition coefficient (Wildman–Crippen LogP) is 3.89. The second-order valence-corrected chi connectivity index (χ2v) is 8.58. The van der Waals surface area contributed by atoms with Gasteiger partial charge in [0.15, 0.2) is 5.16 Å². The van der Waals surface area contributed by atoms with Crippen LogP contribution in [-0.4, -0.2) is 26.2 Å². The highest BCUT2D eigenvalue weighted by Gasteiger charge is 2.15. The van der Waals surface area contributed by atoms with Crippen molar-refractivity contribution >= 4 is 40.3 Å². The van der Waals surface area contributed by atoms with E-state index in [0.29, 0.717) is 28.3 Å². The second kappa shape index (κ2) is 9.00. The van der Waals surface area contributed by atoms with E-state index in [-0.39, 0.29) is 34.7 Å². The fraction of sp³-hybridized carbons (Fsp3) is 0.350. The number of hydrogen-bond donors (Lipinski definition) is 2. The molecule has 29 heavy (non-hydrogen) atoms. The van der Waals surface area contributed by atoms with Crippen LogP contribution in [0.15, 0.2) is 34.2 Å². The van der Waals surface area contributed by atoms with Gasteiger partial charge in [-0.1, -0.05) is 43.3 Å². The van der Waals surface area contributed by atoms with E-state index >= 15 is 0 Å². The molecule has 0 bridgehead atoms. The van der Waals surface area contributed by atoms with E-state index < -0.39 is 5.82 Å². The minimum absolute atomic E-state index is 0.0168. The van der Waals surface area contributed by atoms with Gasteiger partial charge >= 0.3 is 0 Å². The monoisotopic (exact) mass is 436 g/mol. The number of aryl methyl sites for hydroxylation is 1. The van der Waals surface area contributed by atoms with Crippen LogP contribution in [0, 0.1) is 18.7 Å². The molecule has 1 aromatic carbocycles. The lowest BCUT2D eigenvalue weighted by Crippen LogP contribution is -2.27. The lowest BCUT2D eigenvalue weighted by Gasteiger charge is -2.14. The first kappa shape index (κ1) is 21.4. The number of H-pyrrole nitrogens is 1. The molecule has 6 nitrogen and oxygen atoms in total. The molecule has 3 rings (SSSR count). The van der Waals surface area contributed by atoms with E-state index in [1.165, 1.54) is 23.9 Å². The van der Waals surface area contributed by atoms with Gasteiger partial charge in [-0.25, -0.2) is 9.37 Å². The molecule has 9 heteroatoms. The largest absolute Gasteiger partial charge is 0.353 e. The highest BCUT2D eigenvalue weighted by Crippen LogP contribution is 2.20. The summed E-state index contributed by atoms with van der Waals surface area (Å²) in [6, 6.07) is 6.13. The Balaban J connectivity index is 1.72. The van der Waals surface area contributed by atoms with E-state index in [9.17, 15) is 14.0 Å². The molecule has 0 spiro atoms. The fourth-order valence-electron chi connectivity index (χ4n) is 2.88. The first-order valence-electron chi connectivity index (χ1n) is 9.18. The summed E-state index contributed by atoms with van der Waals surface area (Å²) in [5.74, 6) is -0.360. The third-order valence-electron chi connectivity index (χ3n) is 4.19. The molecule has 0 saturated heterocycles. The maximum Gasteiger partial charge on any atom is 0.278 e. The molecule has 1 amide bonds. The average Bonchev–Trinajstić information content (AvgIpc) is 3.04. The van der Waals surface area contributed by atoms with Gasteiger partial charge in [-0.15, -0.1) is 0 Å². The lowest BCUT2D eigenvalue weighted by molar-refractivity contribution is -0.118. The molecule has 2 heterocycles. The van der Waals surface area contributed by atoms with Crippen LogP contribution in [0.1, 0.15) is 25.1 Å². The van der Waals surface area contributed by atoms with Crippen LogP contribution < -0.4 is 10.9 Å². The maximum atomic E-state index is 13.2. The highest BCUT2D eigenvalue weighted by atomic mass is 35.5. The Morgan fingerprint density at radius 3 is 2.83 bits per heavy atom. The molecule has 2 aromatic heterocycles. The Hall–Kier alpha value is -2.32. The van der Waals surface area contributed by atoms with Crippen LogP contribution in [0.25, 0.3) is 11.0 Å². The summed E-state index contributed by atoms with van der Waals surface area (Å²) < 4.78 is 14.8. The number of halogens is 2. The van der Waals surface area contributed by atoms with Crippen LogP contribution in [-0.2, 0) is 17.9 Å². The maximum absolute atomic E-state index is 13.2. The van der Waals surface area contributed by atoms with Crippen molar-refractivity contribution in [2.45, 2.75) is 39.0 Å². The van der Waals surface area contributed by atoms with Gasteiger partial charge in [-0.3, -0.25) is 14.2 Å². The normalized spacial score (nSPS) is 11.4. The predicted molar refractivity (Wildman–Crippen MR) is 114 cm³/mol. The van der Waals surface area contributed by atoms with Crippen LogP contribution in [0.2, 0.25) is 5.02 Å². The summed E-state index contributed by atoms with van der Waals surface area (Å²) in [7, 11) is 0. The molecule has 0 aliphatic rings. The Morgan fingerprint density at radius 2 is 2.14 bits per heavy atom. The molecule has 0 atom stereocenters. The zero-order chi connectivity index (χ0) is 21.1. The molecule has 0 unspecified atom stereocenters. The number of aromatic amines is 1. The van der Waals surface area contributed by atoms with Crippen LogP contribution in [0.3, 0.4) is 0 Å². The van der Waals surface area contributed by atoms with Crippen LogP contribution >= 0.6 is 23.4 Å². The zero-order valence-electron chi connectivity index (χ0n) is 16.4. The molecule has 0 aliphatic heterocycles. The van der Waals surface area contributed by atoms with E-state index in [4.69, 9.17) is 11.6 Å². The minimum Gasteiger partial charge on any atom is -0.353 e. The van der Waals surface area contributed by atoms with Gasteiger partial charge in [0.1, 0.15) is 11.3 Å². The number of fused-ring (bicyclic) bond motifs is 1. The number of hydrogen-bond acceptors (Lipinski definition) is 4. The summed E-state index contributed by atoms with van der Waals surface area (Å²) >= 11 is 6.97. The van der Waals surface area contributed by atoms with Crippen molar-refractivity contribution in [2.75, 3.05) is 5.75 Å². The highest BCUT2D eigenvalue weighted by molar-refractivity contribution is 7.99. The molecular weight excluding hydrogens is 415 g/mol. The Kier molecular flexibility index (Phi) is 6.64. The first-order valence-corrected chi connectivity index (χ1v) is 10.5. The number of amides is 1. The molecule has 0 fully saturated rings. The number of carbonyl (C=O) groups excluding carboxylic acids is 1. The fourth-order valence-corrected chi connectivity index (χ4v) is 3.92. The van der Waals surface area contributed by atoms with Gasteiger partial charge in [0.2, 0.25) is 5.91 Å². The average molecular weight is 437 g/mol. The number of rotatable bonds is 7. The van der Waals surface area contributed by atoms with Gasteiger partial charge in [0.25, 0.3) is 5.56 Å². The molecule has 0 saturated carbocycles. The molecule has 2 N–H and O–H groups in total. The number of carbonyl (C=O) groups is 1. The van der Waals surface area contributed by atoms with Crippen molar-refractivity contribution in [1.29, 1.82) is 0 Å². The minimum atomic E-state index is -0.498. The summed E-state index contributed by atoms with van der Waals surface area (Å²) in [6.45, 7) is 6.66. The van der Waals surface area contributed by atoms with E-state index in [1.54, 1.807) is 10.6 Å². The molecular formula is C20H22ClFN4O2S.